The van der Waals surface area contributed by atoms with Crippen LogP contribution in [0.4, 0.5) is 5.69 Å². The van der Waals surface area contributed by atoms with Gasteiger partial charge in [0.15, 0.2) is 11.5 Å². The lowest BCUT2D eigenvalue weighted by Crippen LogP contribution is -2.35. The highest BCUT2D eigenvalue weighted by Gasteiger charge is 2.30. The molecule has 10 nitrogen and oxygen atoms in total. The van der Waals surface area contributed by atoms with E-state index in [2.05, 4.69) is 4.98 Å². The minimum atomic E-state index is -4.33. The number of sulfonamides is 1. The molecule has 204 valence electrons. The zero-order chi connectivity index (χ0) is 28.4. The number of para-hydroxylation sites is 1. The summed E-state index contributed by atoms with van der Waals surface area (Å²) in [4.78, 5) is 15.9. The maximum absolute atomic E-state index is 13.9. The lowest BCUT2D eigenvalue weighted by molar-refractivity contribution is -0.135. The number of nitrogens with two attached hydrogens (primary N) is 1. The van der Waals surface area contributed by atoms with Crippen molar-refractivity contribution in [1.29, 1.82) is 5.41 Å². The summed E-state index contributed by atoms with van der Waals surface area (Å²) in [5.74, 6) is -0.306. The number of nitrogen functional groups attached to an aromatic ring is 1. The van der Waals surface area contributed by atoms with Crippen molar-refractivity contribution in [2.45, 2.75) is 18.2 Å². The van der Waals surface area contributed by atoms with Crippen molar-refractivity contribution in [3.63, 3.8) is 0 Å². The maximum Gasteiger partial charge on any atom is 0.324 e. The van der Waals surface area contributed by atoms with E-state index in [0.717, 1.165) is 9.87 Å². The van der Waals surface area contributed by atoms with E-state index < -0.39 is 22.5 Å². The van der Waals surface area contributed by atoms with Crippen molar-refractivity contribution >= 4 is 49.4 Å². The molecule has 0 saturated heterocycles. The lowest BCUT2D eigenvalue weighted by atomic mass is 10.1. The van der Waals surface area contributed by atoms with Gasteiger partial charge in [0.25, 0.3) is 10.0 Å². The van der Waals surface area contributed by atoms with Crippen molar-refractivity contribution in [3.05, 3.63) is 95.9 Å². The van der Waals surface area contributed by atoms with Crippen LogP contribution in [0.15, 0.2) is 88.3 Å². The number of amidine groups is 1. The Morgan fingerprint density at radius 1 is 1.10 bits per heavy atom. The molecule has 5 aromatic rings. The smallest absolute Gasteiger partial charge is 0.324 e. The highest BCUT2D eigenvalue weighted by atomic mass is 32.2. The summed E-state index contributed by atoms with van der Waals surface area (Å²) in [6, 6.07) is 20.0. The van der Waals surface area contributed by atoms with Crippen molar-refractivity contribution in [3.8, 4) is 5.75 Å². The van der Waals surface area contributed by atoms with E-state index in [1.54, 1.807) is 42.5 Å². The number of ether oxygens (including phenoxy) is 1. The van der Waals surface area contributed by atoms with Gasteiger partial charge in [-0.25, -0.2) is 8.42 Å². The maximum atomic E-state index is 13.9. The minimum Gasteiger partial charge on any atom is -0.490 e. The second kappa shape index (κ2) is 10.7. The average molecular weight is 559 g/mol. The quantitative estimate of drug-likeness (QED) is 0.166. The monoisotopic (exact) mass is 558 g/mol. The minimum absolute atomic E-state index is 0.0297. The SMILES string of the molecule is CCOc1c(Cc2ccc(C(=N)N)cc2)oc2cc(N(CC(=O)O)S(=O)(=O)c3cccc4cccnc34)ccc12. The average Bonchev–Trinajstić information content (AvgIpc) is 3.27. The number of hydrogen-bond donors (Lipinski definition) is 3. The van der Waals surface area contributed by atoms with Gasteiger partial charge in [0, 0.05) is 29.6 Å². The summed E-state index contributed by atoms with van der Waals surface area (Å²) in [6.45, 7) is 1.42. The van der Waals surface area contributed by atoms with Gasteiger partial charge in [-0.1, -0.05) is 42.5 Å². The van der Waals surface area contributed by atoms with E-state index in [9.17, 15) is 18.3 Å². The highest BCUT2D eigenvalue weighted by Crippen LogP contribution is 2.38. The van der Waals surface area contributed by atoms with E-state index in [1.807, 2.05) is 19.1 Å². The number of carbonyl (C=O) groups is 1. The Hall–Kier alpha value is -4.90. The van der Waals surface area contributed by atoms with Gasteiger partial charge in [-0.15, -0.1) is 0 Å². The van der Waals surface area contributed by atoms with Crippen LogP contribution in [-0.4, -0.2) is 43.5 Å². The predicted octanol–water partition coefficient (Wildman–Crippen LogP) is 4.53. The molecular formula is C29H26N4O6S. The Balaban J connectivity index is 1.59. The second-order valence-corrected chi connectivity index (χ2v) is 10.8. The molecule has 0 unspecified atom stereocenters. The van der Waals surface area contributed by atoms with Crippen LogP contribution in [0.5, 0.6) is 5.75 Å². The predicted molar refractivity (Wildman–Crippen MR) is 152 cm³/mol. The van der Waals surface area contributed by atoms with E-state index in [-0.39, 0.29) is 21.9 Å². The molecule has 4 N–H and O–H groups in total. The molecule has 2 aromatic heterocycles. The summed E-state index contributed by atoms with van der Waals surface area (Å²) in [5, 5.41) is 18.4. The van der Waals surface area contributed by atoms with Crippen molar-refractivity contribution in [2.75, 3.05) is 17.5 Å². The molecule has 0 aliphatic heterocycles. The number of pyridine rings is 1. The fourth-order valence-electron chi connectivity index (χ4n) is 4.51. The molecular weight excluding hydrogens is 532 g/mol. The molecule has 0 spiro atoms. The molecule has 2 heterocycles. The van der Waals surface area contributed by atoms with Gasteiger partial charge in [0.2, 0.25) is 0 Å². The number of anilines is 1. The molecule has 40 heavy (non-hydrogen) atoms. The molecule has 0 fully saturated rings. The normalized spacial score (nSPS) is 11.5. The number of fused-ring (bicyclic) bond motifs is 2. The van der Waals surface area contributed by atoms with Crippen LogP contribution in [0.2, 0.25) is 0 Å². The Morgan fingerprint density at radius 3 is 2.55 bits per heavy atom. The fraction of sp³-hybridized carbons (Fsp3) is 0.138. The van der Waals surface area contributed by atoms with Crippen LogP contribution >= 0.6 is 0 Å². The Kier molecular flexibility index (Phi) is 7.14. The number of carboxylic acid groups (broad SMARTS) is 1. The molecule has 0 radical (unpaired) electrons. The first kappa shape index (κ1) is 26.7. The number of benzene rings is 3. The molecule has 0 aliphatic rings. The van der Waals surface area contributed by atoms with Gasteiger partial charge in [0.05, 0.1) is 23.2 Å². The van der Waals surface area contributed by atoms with Gasteiger partial charge in [-0.05, 0) is 36.8 Å². The molecule has 0 atom stereocenters. The van der Waals surface area contributed by atoms with Crippen molar-refractivity contribution < 1.29 is 27.5 Å². The standard InChI is InChI=1S/C29H26N4O6S/c1-2-38-28-22-13-12-21(16-23(22)39-24(28)15-18-8-10-20(11-9-18)29(30)31)33(17-26(34)35)40(36,37)25-7-3-5-19-6-4-14-32-27(19)25/h3-14,16H,2,15,17H2,1H3,(H3,30,31)(H,34,35). The van der Waals surface area contributed by atoms with Crippen LogP contribution < -0.4 is 14.8 Å². The van der Waals surface area contributed by atoms with Gasteiger partial charge in [-0.2, -0.15) is 0 Å². The molecule has 3 aromatic carbocycles. The summed E-state index contributed by atoms with van der Waals surface area (Å²) in [5.41, 5.74) is 7.76. The number of nitrogens with zero attached hydrogens (tertiary/aromatic N) is 2. The van der Waals surface area contributed by atoms with E-state index in [4.69, 9.17) is 20.3 Å². The van der Waals surface area contributed by atoms with Crippen LogP contribution in [0.1, 0.15) is 23.8 Å². The van der Waals surface area contributed by atoms with E-state index in [1.165, 1.54) is 24.4 Å². The molecule has 0 amide bonds. The zero-order valence-electron chi connectivity index (χ0n) is 21.5. The zero-order valence-corrected chi connectivity index (χ0v) is 22.3. The third-order valence-corrected chi connectivity index (χ3v) is 8.15. The Morgan fingerprint density at radius 2 is 1.85 bits per heavy atom. The first-order valence-corrected chi connectivity index (χ1v) is 13.8. The Labute approximate surface area is 230 Å². The number of rotatable bonds is 10. The van der Waals surface area contributed by atoms with Gasteiger partial charge in [0.1, 0.15) is 22.9 Å². The number of hydrogen-bond acceptors (Lipinski definition) is 7. The summed E-state index contributed by atoms with van der Waals surface area (Å²) in [7, 11) is -4.33. The van der Waals surface area contributed by atoms with Crippen LogP contribution in [0.3, 0.4) is 0 Å². The summed E-state index contributed by atoms with van der Waals surface area (Å²) < 4.78 is 40.6. The number of aliphatic carboxylic acids is 1. The van der Waals surface area contributed by atoms with Gasteiger partial charge in [-0.3, -0.25) is 19.5 Å². The molecule has 5 rings (SSSR count). The van der Waals surface area contributed by atoms with Gasteiger partial charge < -0.3 is 20.0 Å². The third kappa shape index (κ3) is 5.06. The first-order valence-electron chi connectivity index (χ1n) is 12.4. The molecule has 0 saturated carbocycles. The largest absolute Gasteiger partial charge is 0.490 e. The summed E-state index contributed by atoms with van der Waals surface area (Å²) in [6.07, 6.45) is 1.86. The topological polar surface area (TPSA) is 160 Å². The van der Waals surface area contributed by atoms with Crippen molar-refractivity contribution in [1.82, 2.24) is 4.98 Å². The van der Waals surface area contributed by atoms with Crippen LogP contribution in [0, 0.1) is 5.41 Å². The number of carboxylic acids is 1. The summed E-state index contributed by atoms with van der Waals surface area (Å²) >= 11 is 0. The van der Waals surface area contributed by atoms with Crippen LogP contribution in [0.25, 0.3) is 21.9 Å². The molecule has 11 heteroatoms. The van der Waals surface area contributed by atoms with E-state index in [0.29, 0.717) is 46.5 Å². The van der Waals surface area contributed by atoms with Gasteiger partial charge >= 0.3 is 5.97 Å². The van der Waals surface area contributed by atoms with E-state index >= 15 is 0 Å². The second-order valence-electron chi connectivity index (χ2n) is 8.99. The molecule has 0 bridgehead atoms. The third-order valence-electron chi connectivity index (χ3n) is 6.35. The number of aromatic nitrogens is 1. The first-order chi connectivity index (χ1) is 19.2. The number of furan rings is 1. The van der Waals surface area contributed by atoms with Crippen molar-refractivity contribution in [2.24, 2.45) is 5.73 Å². The highest BCUT2D eigenvalue weighted by molar-refractivity contribution is 7.93. The fourth-order valence-corrected chi connectivity index (χ4v) is 6.09. The number of nitrogens with one attached hydrogen (secondary N) is 1. The lowest BCUT2D eigenvalue weighted by Gasteiger charge is -2.23. The Bertz CT molecular complexity index is 1840. The molecule has 0 aliphatic carbocycles. The van der Waals surface area contributed by atoms with Crippen LogP contribution in [-0.2, 0) is 21.2 Å².